The Hall–Kier alpha value is -1.55. The van der Waals surface area contributed by atoms with Gasteiger partial charge in [-0.25, -0.2) is 0 Å². The van der Waals surface area contributed by atoms with Crippen molar-refractivity contribution in [3.63, 3.8) is 0 Å². The van der Waals surface area contributed by atoms with Gasteiger partial charge in [-0.3, -0.25) is 4.79 Å². The van der Waals surface area contributed by atoms with E-state index in [0.717, 1.165) is 37.0 Å². The van der Waals surface area contributed by atoms with Crippen molar-refractivity contribution >= 4 is 5.91 Å². The lowest BCUT2D eigenvalue weighted by Gasteiger charge is -2.29. The average molecular weight is 290 g/mol. The molecule has 1 aliphatic rings. The van der Waals surface area contributed by atoms with Crippen molar-refractivity contribution in [2.45, 2.75) is 51.6 Å². The first-order valence-corrected chi connectivity index (χ1v) is 7.66. The van der Waals surface area contributed by atoms with E-state index in [1.165, 1.54) is 0 Å². The lowest BCUT2D eigenvalue weighted by molar-refractivity contribution is -0.131. The Morgan fingerprint density at radius 1 is 1.52 bits per heavy atom. The molecule has 1 aromatic carbocycles. The topological polar surface area (TPSA) is 64.3 Å². The maximum atomic E-state index is 12.5. The van der Waals surface area contributed by atoms with Crippen LogP contribution in [0.5, 0.6) is 5.75 Å². The zero-order chi connectivity index (χ0) is 15.5. The first kappa shape index (κ1) is 15.8. The number of ether oxygens (including phenoxy) is 1. The summed E-state index contributed by atoms with van der Waals surface area (Å²) in [4.78, 5) is 12.5. The predicted octanol–water partition coefficient (Wildman–Crippen LogP) is 2.26. The van der Waals surface area contributed by atoms with Crippen molar-refractivity contribution in [3.05, 3.63) is 29.8 Å². The number of carbonyl (C=O) groups is 1. The van der Waals surface area contributed by atoms with Gasteiger partial charge in [0, 0.05) is 12.1 Å². The molecule has 2 rings (SSSR count). The van der Waals surface area contributed by atoms with Gasteiger partial charge in [-0.15, -0.1) is 0 Å². The fourth-order valence-electron chi connectivity index (χ4n) is 3.12. The Bertz CT molecular complexity index is 503. The lowest BCUT2D eigenvalue weighted by atomic mass is 9.84. The molecule has 1 amide bonds. The fraction of sp³-hybridized carbons (Fsp3) is 0.588. The Kier molecular flexibility index (Phi) is 4.88. The number of hydrogen-bond acceptors (Lipinski definition) is 3. The van der Waals surface area contributed by atoms with E-state index in [1.807, 2.05) is 38.1 Å². The molecule has 0 aliphatic heterocycles. The van der Waals surface area contributed by atoms with Crippen LogP contribution in [0.1, 0.15) is 38.7 Å². The smallest absolute Gasteiger partial charge is 0.227 e. The summed E-state index contributed by atoms with van der Waals surface area (Å²) in [6, 6.07) is 7.93. The van der Waals surface area contributed by atoms with Gasteiger partial charge in [0.1, 0.15) is 5.75 Å². The predicted molar refractivity (Wildman–Crippen MR) is 84.2 cm³/mol. The fourth-order valence-corrected chi connectivity index (χ4v) is 3.12. The molecular formula is C17H26N2O2. The second-order valence-corrected chi connectivity index (χ2v) is 6.31. The number of para-hydroxylation sites is 1. The van der Waals surface area contributed by atoms with Gasteiger partial charge in [-0.2, -0.15) is 0 Å². The number of methoxy groups -OCH3 is 1. The van der Waals surface area contributed by atoms with Crippen LogP contribution in [0.4, 0.5) is 0 Å². The molecule has 4 nitrogen and oxygen atoms in total. The summed E-state index contributed by atoms with van der Waals surface area (Å²) in [5.41, 5.74) is 6.79. The Balaban J connectivity index is 1.98. The summed E-state index contributed by atoms with van der Waals surface area (Å²) in [6.45, 7) is 4.00. The van der Waals surface area contributed by atoms with Gasteiger partial charge >= 0.3 is 0 Å². The molecular weight excluding hydrogens is 264 g/mol. The summed E-state index contributed by atoms with van der Waals surface area (Å²) < 4.78 is 5.36. The summed E-state index contributed by atoms with van der Waals surface area (Å²) in [5, 5.41) is 3.12. The Morgan fingerprint density at radius 3 is 2.86 bits per heavy atom. The highest BCUT2D eigenvalue weighted by Crippen LogP contribution is 2.37. The second kappa shape index (κ2) is 6.48. The molecule has 1 aliphatic carbocycles. The number of amides is 1. The third-order valence-electron chi connectivity index (χ3n) is 4.64. The quantitative estimate of drug-likeness (QED) is 0.874. The number of nitrogens with two attached hydrogens (primary N) is 1. The zero-order valence-electron chi connectivity index (χ0n) is 13.2. The van der Waals surface area contributed by atoms with Crippen LogP contribution in [-0.2, 0) is 11.2 Å². The molecule has 116 valence electrons. The van der Waals surface area contributed by atoms with Gasteiger partial charge in [0.15, 0.2) is 0 Å². The molecule has 0 spiro atoms. The van der Waals surface area contributed by atoms with Gasteiger partial charge in [-0.1, -0.05) is 24.6 Å². The number of hydrogen-bond donors (Lipinski definition) is 2. The first-order chi connectivity index (χ1) is 9.97. The van der Waals surface area contributed by atoms with Gasteiger partial charge in [0.2, 0.25) is 5.91 Å². The molecule has 3 atom stereocenters. The van der Waals surface area contributed by atoms with E-state index in [1.54, 1.807) is 7.11 Å². The summed E-state index contributed by atoms with van der Waals surface area (Å²) in [6.07, 6.45) is 3.60. The van der Waals surface area contributed by atoms with Crippen molar-refractivity contribution in [1.29, 1.82) is 0 Å². The molecule has 4 heteroatoms. The van der Waals surface area contributed by atoms with Gasteiger partial charge < -0.3 is 15.8 Å². The highest BCUT2D eigenvalue weighted by Gasteiger charge is 2.43. The Labute approximate surface area is 127 Å². The van der Waals surface area contributed by atoms with Crippen LogP contribution in [0.3, 0.4) is 0 Å². The molecule has 0 saturated heterocycles. The largest absolute Gasteiger partial charge is 0.496 e. The SMILES string of the molecule is COc1ccccc1CC(C)NC(=O)C1(C)CCCC1N. The highest BCUT2D eigenvalue weighted by molar-refractivity contribution is 5.83. The monoisotopic (exact) mass is 290 g/mol. The average Bonchev–Trinajstić information content (AvgIpc) is 2.80. The van der Waals surface area contributed by atoms with E-state index < -0.39 is 5.41 Å². The summed E-state index contributed by atoms with van der Waals surface area (Å²) in [5.74, 6) is 0.942. The van der Waals surface area contributed by atoms with E-state index in [0.29, 0.717) is 0 Å². The van der Waals surface area contributed by atoms with E-state index in [2.05, 4.69) is 5.32 Å². The minimum absolute atomic E-state index is 0.0315. The van der Waals surface area contributed by atoms with Crippen molar-refractivity contribution in [3.8, 4) is 5.75 Å². The van der Waals surface area contributed by atoms with E-state index in [4.69, 9.17) is 10.5 Å². The van der Waals surface area contributed by atoms with E-state index >= 15 is 0 Å². The van der Waals surface area contributed by atoms with E-state index in [-0.39, 0.29) is 18.0 Å². The number of rotatable bonds is 5. The second-order valence-electron chi connectivity index (χ2n) is 6.31. The van der Waals surface area contributed by atoms with Gasteiger partial charge in [0.05, 0.1) is 12.5 Å². The third-order valence-corrected chi connectivity index (χ3v) is 4.64. The maximum Gasteiger partial charge on any atom is 0.227 e. The minimum atomic E-state index is -0.422. The normalized spacial score (nSPS) is 26.4. The molecule has 21 heavy (non-hydrogen) atoms. The van der Waals surface area contributed by atoms with Crippen LogP contribution in [-0.4, -0.2) is 25.1 Å². The van der Waals surface area contributed by atoms with Gasteiger partial charge in [0.25, 0.3) is 0 Å². The van der Waals surface area contributed by atoms with E-state index in [9.17, 15) is 4.79 Å². The number of nitrogens with one attached hydrogen (secondary N) is 1. The molecule has 0 radical (unpaired) electrons. The standard InChI is InChI=1S/C17H26N2O2/c1-12(11-13-7-4-5-8-14(13)21-3)19-16(20)17(2)10-6-9-15(17)18/h4-5,7-8,12,15H,6,9-11,18H2,1-3H3,(H,19,20). The summed E-state index contributed by atoms with van der Waals surface area (Å²) in [7, 11) is 1.67. The highest BCUT2D eigenvalue weighted by atomic mass is 16.5. The third kappa shape index (κ3) is 3.38. The van der Waals surface area contributed by atoms with Gasteiger partial charge in [-0.05, 0) is 44.7 Å². The molecule has 1 saturated carbocycles. The maximum absolute atomic E-state index is 12.5. The first-order valence-electron chi connectivity index (χ1n) is 7.66. The van der Waals surface area contributed by atoms with Crippen LogP contribution < -0.4 is 15.8 Å². The van der Waals surface area contributed by atoms with Crippen LogP contribution in [0.15, 0.2) is 24.3 Å². The van der Waals surface area contributed by atoms with Crippen molar-refractivity contribution in [1.82, 2.24) is 5.32 Å². The number of benzene rings is 1. The molecule has 0 aromatic heterocycles. The molecule has 1 fully saturated rings. The van der Waals surface area contributed by atoms with Crippen LogP contribution in [0, 0.1) is 5.41 Å². The molecule has 3 N–H and O–H groups in total. The van der Waals surface area contributed by atoms with Crippen LogP contribution >= 0.6 is 0 Å². The van der Waals surface area contributed by atoms with Crippen molar-refractivity contribution in [2.75, 3.05) is 7.11 Å². The molecule has 1 aromatic rings. The zero-order valence-corrected chi connectivity index (χ0v) is 13.2. The minimum Gasteiger partial charge on any atom is -0.496 e. The molecule has 3 unspecified atom stereocenters. The Morgan fingerprint density at radius 2 is 2.24 bits per heavy atom. The molecule has 0 heterocycles. The van der Waals surface area contributed by atoms with Crippen molar-refractivity contribution in [2.24, 2.45) is 11.1 Å². The van der Waals surface area contributed by atoms with Crippen LogP contribution in [0.2, 0.25) is 0 Å². The lowest BCUT2D eigenvalue weighted by Crippen LogP contribution is -2.50. The van der Waals surface area contributed by atoms with Crippen molar-refractivity contribution < 1.29 is 9.53 Å². The summed E-state index contributed by atoms with van der Waals surface area (Å²) >= 11 is 0. The van der Waals surface area contributed by atoms with Crippen LogP contribution in [0.25, 0.3) is 0 Å². The number of carbonyl (C=O) groups excluding carboxylic acids is 1. The molecule has 0 bridgehead atoms.